The van der Waals surface area contributed by atoms with Gasteiger partial charge in [0, 0.05) is 12.8 Å². The topological polar surface area (TPSA) is 26.3 Å². The highest BCUT2D eigenvalue weighted by Gasteiger charge is 2.27. The SMILES string of the molecule is CC1CCP(C)(=O)O1. The Balaban J connectivity index is 2.57. The minimum absolute atomic E-state index is 0.228. The van der Waals surface area contributed by atoms with Crippen LogP contribution in [0.5, 0.6) is 0 Å². The summed E-state index contributed by atoms with van der Waals surface area (Å²) in [6, 6.07) is 0. The average Bonchev–Trinajstić information content (AvgIpc) is 1.82. The van der Waals surface area contributed by atoms with Crippen LogP contribution in [0.25, 0.3) is 0 Å². The second kappa shape index (κ2) is 1.85. The zero-order chi connectivity index (χ0) is 6.20. The molecule has 0 aliphatic carbocycles. The van der Waals surface area contributed by atoms with E-state index in [2.05, 4.69) is 0 Å². The van der Waals surface area contributed by atoms with E-state index in [0.717, 1.165) is 12.6 Å². The monoisotopic (exact) mass is 134 g/mol. The summed E-state index contributed by atoms with van der Waals surface area (Å²) in [5.41, 5.74) is 0. The lowest BCUT2D eigenvalue weighted by Crippen LogP contribution is -1.93. The molecular formula is C5H11O2P. The first-order chi connectivity index (χ1) is 3.60. The maximum atomic E-state index is 11.0. The van der Waals surface area contributed by atoms with Gasteiger partial charge in [-0.3, -0.25) is 4.57 Å². The quantitative estimate of drug-likeness (QED) is 0.471. The summed E-state index contributed by atoms with van der Waals surface area (Å²) < 4.78 is 16.1. The van der Waals surface area contributed by atoms with Crippen molar-refractivity contribution in [2.75, 3.05) is 12.8 Å². The van der Waals surface area contributed by atoms with E-state index in [0.29, 0.717) is 0 Å². The number of hydrogen-bond donors (Lipinski definition) is 0. The van der Waals surface area contributed by atoms with Gasteiger partial charge in [-0.1, -0.05) is 0 Å². The summed E-state index contributed by atoms with van der Waals surface area (Å²) in [6.45, 7) is 3.67. The van der Waals surface area contributed by atoms with E-state index in [-0.39, 0.29) is 6.10 Å². The van der Waals surface area contributed by atoms with Gasteiger partial charge >= 0.3 is 0 Å². The van der Waals surface area contributed by atoms with E-state index in [4.69, 9.17) is 4.52 Å². The van der Waals surface area contributed by atoms with Gasteiger partial charge in [0.1, 0.15) is 0 Å². The highest BCUT2D eigenvalue weighted by molar-refractivity contribution is 7.58. The Hall–Kier alpha value is 0.190. The third-order valence-electron chi connectivity index (χ3n) is 1.34. The number of rotatable bonds is 0. The molecule has 0 N–H and O–H groups in total. The molecule has 0 aromatic heterocycles. The van der Waals surface area contributed by atoms with Crippen molar-refractivity contribution in [3.05, 3.63) is 0 Å². The Kier molecular flexibility index (Phi) is 1.46. The van der Waals surface area contributed by atoms with Crippen molar-refractivity contribution in [1.82, 2.24) is 0 Å². The second-order valence-electron chi connectivity index (χ2n) is 2.44. The molecule has 1 aliphatic heterocycles. The fraction of sp³-hybridized carbons (Fsp3) is 1.00. The zero-order valence-corrected chi connectivity index (χ0v) is 6.15. The lowest BCUT2D eigenvalue weighted by Gasteiger charge is -2.02. The van der Waals surface area contributed by atoms with Crippen LogP contribution in [0.4, 0.5) is 0 Å². The minimum Gasteiger partial charge on any atom is -0.326 e. The molecule has 0 amide bonds. The van der Waals surface area contributed by atoms with Gasteiger partial charge in [0.05, 0.1) is 6.10 Å². The van der Waals surface area contributed by atoms with Crippen molar-refractivity contribution in [3.8, 4) is 0 Å². The van der Waals surface area contributed by atoms with Gasteiger partial charge in [0.25, 0.3) is 0 Å². The molecule has 0 saturated carbocycles. The van der Waals surface area contributed by atoms with Crippen LogP contribution in [0.2, 0.25) is 0 Å². The predicted octanol–water partition coefficient (Wildman–Crippen LogP) is 1.70. The first-order valence-corrected chi connectivity index (χ1v) is 5.11. The van der Waals surface area contributed by atoms with Gasteiger partial charge in [-0.15, -0.1) is 0 Å². The van der Waals surface area contributed by atoms with Gasteiger partial charge < -0.3 is 4.52 Å². The molecule has 1 heterocycles. The standard InChI is InChI=1S/C5H11O2P/c1-5-3-4-8(2,6)7-5/h5H,3-4H2,1-2H3. The average molecular weight is 134 g/mol. The molecule has 0 bridgehead atoms. The zero-order valence-electron chi connectivity index (χ0n) is 5.26. The van der Waals surface area contributed by atoms with Crippen molar-refractivity contribution in [2.45, 2.75) is 19.4 Å². The summed E-state index contributed by atoms with van der Waals surface area (Å²) in [7, 11) is -2.10. The molecule has 0 radical (unpaired) electrons. The molecule has 48 valence electrons. The highest BCUT2D eigenvalue weighted by atomic mass is 31.2. The first-order valence-electron chi connectivity index (χ1n) is 2.85. The van der Waals surface area contributed by atoms with Crippen molar-refractivity contribution < 1.29 is 9.09 Å². The van der Waals surface area contributed by atoms with Crippen molar-refractivity contribution >= 4 is 7.37 Å². The molecular weight excluding hydrogens is 123 g/mol. The lowest BCUT2D eigenvalue weighted by atomic mass is 10.3. The third-order valence-corrected chi connectivity index (χ3v) is 3.22. The summed E-state index contributed by atoms with van der Waals surface area (Å²) in [5.74, 6) is 0. The maximum Gasteiger partial charge on any atom is 0.200 e. The molecule has 0 spiro atoms. The Bertz CT molecular complexity index is 132. The van der Waals surface area contributed by atoms with Crippen LogP contribution in [0.1, 0.15) is 13.3 Å². The normalized spacial score (nSPS) is 47.5. The Morgan fingerprint density at radius 3 is 2.50 bits per heavy atom. The van der Waals surface area contributed by atoms with E-state index < -0.39 is 7.37 Å². The molecule has 1 aliphatic rings. The Morgan fingerprint density at radius 2 is 2.38 bits per heavy atom. The molecule has 1 saturated heterocycles. The molecule has 8 heavy (non-hydrogen) atoms. The maximum absolute atomic E-state index is 11.0. The van der Waals surface area contributed by atoms with E-state index >= 15 is 0 Å². The van der Waals surface area contributed by atoms with Crippen LogP contribution < -0.4 is 0 Å². The third kappa shape index (κ3) is 1.33. The van der Waals surface area contributed by atoms with E-state index in [1.54, 1.807) is 6.66 Å². The van der Waals surface area contributed by atoms with E-state index in [1.807, 2.05) is 6.92 Å². The molecule has 0 aromatic rings. The van der Waals surface area contributed by atoms with E-state index in [1.165, 1.54) is 0 Å². The molecule has 2 unspecified atom stereocenters. The smallest absolute Gasteiger partial charge is 0.200 e. The molecule has 2 nitrogen and oxygen atoms in total. The van der Waals surface area contributed by atoms with Gasteiger partial charge in [-0.25, -0.2) is 0 Å². The summed E-state index contributed by atoms with van der Waals surface area (Å²) >= 11 is 0. The van der Waals surface area contributed by atoms with Crippen molar-refractivity contribution in [3.63, 3.8) is 0 Å². The largest absolute Gasteiger partial charge is 0.326 e. The van der Waals surface area contributed by atoms with Crippen LogP contribution >= 0.6 is 7.37 Å². The Labute approximate surface area is 49.7 Å². The highest BCUT2D eigenvalue weighted by Crippen LogP contribution is 2.50. The van der Waals surface area contributed by atoms with Crippen LogP contribution in [0, 0.1) is 0 Å². The fourth-order valence-electron chi connectivity index (χ4n) is 0.902. The van der Waals surface area contributed by atoms with Crippen molar-refractivity contribution in [1.29, 1.82) is 0 Å². The Morgan fingerprint density at radius 1 is 1.75 bits per heavy atom. The fourth-order valence-corrected chi connectivity index (χ4v) is 2.71. The first kappa shape index (κ1) is 6.31. The van der Waals surface area contributed by atoms with Gasteiger partial charge in [-0.2, -0.15) is 0 Å². The summed E-state index contributed by atoms with van der Waals surface area (Å²) in [6.07, 6.45) is 1.97. The van der Waals surface area contributed by atoms with Gasteiger partial charge in [0.15, 0.2) is 0 Å². The predicted molar refractivity (Wildman–Crippen MR) is 33.6 cm³/mol. The molecule has 1 fully saturated rings. The van der Waals surface area contributed by atoms with Gasteiger partial charge in [-0.05, 0) is 13.3 Å². The minimum atomic E-state index is -2.10. The molecule has 0 aromatic carbocycles. The van der Waals surface area contributed by atoms with Gasteiger partial charge in [0.2, 0.25) is 7.37 Å². The molecule has 1 rings (SSSR count). The van der Waals surface area contributed by atoms with Crippen LogP contribution in [-0.4, -0.2) is 18.9 Å². The lowest BCUT2D eigenvalue weighted by molar-refractivity contribution is 0.256. The summed E-state index contributed by atoms with van der Waals surface area (Å²) in [5, 5.41) is 0. The van der Waals surface area contributed by atoms with Crippen LogP contribution in [-0.2, 0) is 9.09 Å². The molecule has 3 heteroatoms. The van der Waals surface area contributed by atoms with E-state index in [9.17, 15) is 4.57 Å². The summed E-state index contributed by atoms with van der Waals surface area (Å²) in [4.78, 5) is 0. The van der Waals surface area contributed by atoms with Crippen molar-refractivity contribution in [2.24, 2.45) is 0 Å². The van der Waals surface area contributed by atoms with Crippen LogP contribution in [0.3, 0.4) is 0 Å². The second-order valence-corrected chi connectivity index (χ2v) is 5.13. The molecule has 2 atom stereocenters. The number of hydrogen-bond acceptors (Lipinski definition) is 2. The van der Waals surface area contributed by atoms with Crippen LogP contribution in [0.15, 0.2) is 0 Å².